The molecule has 0 N–H and O–H groups in total. The normalized spacial score (nSPS) is 13.9. The van der Waals surface area contributed by atoms with E-state index in [0.29, 0.717) is 25.3 Å². The van der Waals surface area contributed by atoms with Crippen LogP contribution in [0.5, 0.6) is 0 Å². The van der Waals surface area contributed by atoms with Crippen molar-refractivity contribution in [1.82, 2.24) is 29.4 Å². The van der Waals surface area contributed by atoms with Gasteiger partial charge in [-0.05, 0) is 17.7 Å². The van der Waals surface area contributed by atoms with Crippen molar-refractivity contribution < 1.29 is 4.79 Å². The van der Waals surface area contributed by atoms with Crippen LogP contribution in [0, 0.1) is 11.3 Å². The van der Waals surface area contributed by atoms with E-state index in [-0.39, 0.29) is 17.0 Å². The molecule has 3 rings (SSSR count). The van der Waals surface area contributed by atoms with Gasteiger partial charge in [-0.25, -0.2) is 4.68 Å². The molecule has 0 fully saturated rings. The molecule has 1 aliphatic heterocycles. The fourth-order valence-electron chi connectivity index (χ4n) is 2.09. The molecule has 9 heteroatoms. The van der Waals surface area contributed by atoms with E-state index >= 15 is 0 Å². The summed E-state index contributed by atoms with van der Waals surface area (Å²) in [7, 11) is 1.62. The Morgan fingerprint density at radius 2 is 2.25 bits per heavy atom. The fraction of sp³-hybridized carbons (Fsp3) is 0.364. The first kappa shape index (κ1) is 12.6. The maximum atomic E-state index is 12.3. The smallest absolute Gasteiger partial charge is 0.293 e. The molecule has 1 amide bonds. The van der Waals surface area contributed by atoms with E-state index in [1.807, 2.05) is 6.07 Å². The molecular weight excluding hydrogens is 282 g/mol. The van der Waals surface area contributed by atoms with Gasteiger partial charge < -0.3 is 4.90 Å². The van der Waals surface area contributed by atoms with Gasteiger partial charge in [0.25, 0.3) is 5.91 Å². The minimum absolute atomic E-state index is 0.0750. The molecule has 102 valence electrons. The van der Waals surface area contributed by atoms with Crippen molar-refractivity contribution in [2.75, 3.05) is 6.54 Å². The second-order valence-electron chi connectivity index (χ2n) is 4.41. The second kappa shape index (κ2) is 4.61. The highest BCUT2D eigenvalue weighted by Crippen LogP contribution is 2.15. The zero-order chi connectivity index (χ0) is 14.3. The van der Waals surface area contributed by atoms with Crippen LogP contribution in [0.15, 0.2) is 6.07 Å². The highest BCUT2D eigenvalue weighted by Gasteiger charge is 2.26. The number of rotatable bonds is 1. The van der Waals surface area contributed by atoms with Crippen LogP contribution in [-0.2, 0) is 20.1 Å². The van der Waals surface area contributed by atoms with E-state index in [9.17, 15) is 4.79 Å². The molecule has 8 nitrogen and oxygen atoms in total. The van der Waals surface area contributed by atoms with Gasteiger partial charge in [0.2, 0.25) is 11.1 Å². The molecule has 0 atom stereocenters. The Morgan fingerprint density at radius 1 is 1.45 bits per heavy atom. The van der Waals surface area contributed by atoms with Crippen molar-refractivity contribution in [2.24, 2.45) is 7.05 Å². The molecule has 0 saturated heterocycles. The number of hydrogen-bond donors (Lipinski definition) is 0. The average Bonchev–Trinajstić information content (AvgIpc) is 3.01. The lowest BCUT2D eigenvalue weighted by Gasteiger charge is -2.26. The molecule has 0 bridgehead atoms. The van der Waals surface area contributed by atoms with Crippen molar-refractivity contribution in [2.45, 2.75) is 13.1 Å². The first-order chi connectivity index (χ1) is 9.58. The van der Waals surface area contributed by atoms with E-state index < -0.39 is 0 Å². The summed E-state index contributed by atoms with van der Waals surface area (Å²) in [6.07, 6.45) is 0. The number of amides is 1. The molecule has 20 heavy (non-hydrogen) atoms. The summed E-state index contributed by atoms with van der Waals surface area (Å²) < 4.78 is 3.08. The summed E-state index contributed by atoms with van der Waals surface area (Å²) in [5.41, 5.74) is 1.18. The zero-order valence-electron chi connectivity index (χ0n) is 10.6. The van der Waals surface area contributed by atoms with Crippen LogP contribution >= 0.6 is 11.6 Å². The van der Waals surface area contributed by atoms with Crippen LogP contribution in [0.25, 0.3) is 0 Å². The third-order valence-corrected chi connectivity index (χ3v) is 3.43. The Labute approximate surface area is 119 Å². The van der Waals surface area contributed by atoms with Gasteiger partial charge in [-0.15, -0.1) is 5.10 Å². The number of carbonyl (C=O) groups excluding carboxylic acids is 1. The van der Waals surface area contributed by atoms with Gasteiger partial charge in [0.05, 0.1) is 18.8 Å². The van der Waals surface area contributed by atoms with E-state index in [4.69, 9.17) is 16.9 Å². The Morgan fingerprint density at radius 3 is 2.90 bits per heavy atom. The Balaban J connectivity index is 1.83. The number of nitrogens with zero attached hydrogens (tertiary/aromatic N) is 7. The third kappa shape index (κ3) is 2.02. The minimum atomic E-state index is -0.279. The lowest BCUT2D eigenvalue weighted by atomic mass is 10.3. The molecule has 2 aromatic rings. The SMILES string of the molecule is Cn1nc(C(=O)N2CCn3nc(C#N)cc3C2)nc1Cl. The molecule has 0 saturated carbocycles. The van der Waals surface area contributed by atoms with Gasteiger partial charge >= 0.3 is 0 Å². The Bertz CT molecular complexity index is 706. The van der Waals surface area contributed by atoms with Crippen LogP contribution in [0.4, 0.5) is 0 Å². The summed E-state index contributed by atoms with van der Waals surface area (Å²) in [5, 5.41) is 17.1. The van der Waals surface area contributed by atoms with Crippen molar-refractivity contribution in [3.63, 3.8) is 0 Å². The molecular formula is C11H10ClN7O. The quantitative estimate of drug-likeness (QED) is 0.748. The summed E-state index contributed by atoms with van der Waals surface area (Å²) in [6, 6.07) is 3.67. The lowest BCUT2D eigenvalue weighted by Crippen LogP contribution is -2.38. The van der Waals surface area contributed by atoms with Crippen molar-refractivity contribution >= 4 is 17.5 Å². The van der Waals surface area contributed by atoms with Crippen LogP contribution in [-0.4, -0.2) is 41.9 Å². The number of nitriles is 1. The van der Waals surface area contributed by atoms with E-state index in [1.54, 1.807) is 22.7 Å². The minimum Gasteiger partial charge on any atom is -0.328 e. The van der Waals surface area contributed by atoms with Gasteiger partial charge in [-0.3, -0.25) is 9.48 Å². The predicted octanol–water partition coefficient (Wildman–Crippen LogP) is 0.193. The number of halogens is 1. The average molecular weight is 292 g/mol. The Kier molecular flexibility index (Phi) is 2.91. The van der Waals surface area contributed by atoms with Gasteiger partial charge in [0.1, 0.15) is 6.07 Å². The summed E-state index contributed by atoms with van der Waals surface area (Å²) in [5.74, 6) is -0.204. The maximum absolute atomic E-state index is 12.3. The van der Waals surface area contributed by atoms with Crippen molar-refractivity contribution in [3.05, 3.63) is 28.6 Å². The van der Waals surface area contributed by atoms with Crippen molar-refractivity contribution in [3.8, 4) is 6.07 Å². The topological polar surface area (TPSA) is 92.6 Å². The molecule has 0 aromatic carbocycles. The van der Waals surface area contributed by atoms with Gasteiger partial charge in [0.15, 0.2) is 5.69 Å². The van der Waals surface area contributed by atoms with E-state index in [2.05, 4.69) is 15.2 Å². The summed E-state index contributed by atoms with van der Waals surface area (Å²) in [6.45, 7) is 1.42. The monoisotopic (exact) mass is 291 g/mol. The molecule has 0 unspecified atom stereocenters. The van der Waals surface area contributed by atoms with Crippen LogP contribution in [0.2, 0.25) is 5.28 Å². The maximum Gasteiger partial charge on any atom is 0.293 e. The van der Waals surface area contributed by atoms with Gasteiger partial charge in [-0.1, -0.05) is 0 Å². The summed E-state index contributed by atoms with van der Waals surface area (Å²) in [4.78, 5) is 17.8. The second-order valence-corrected chi connectivity index (χ2v) is 4.75. The lowest BCUT2D eigenvalue weighted by molar-refractivity contribution is 0.0693. The van der Waals surface area contributed by atoms with Crippen LogP contribution in [0.3, 0.4) is 0 Å². The number of fused-ring (bicyclic) bond motifs is 1. The number of aromatic nitrogens is 5. The highest BCUT2D eigenvalue weighted by atomic mass is 35.5. The molecule has 0 aliphatic carbocycles. The van der Waals surface area contributed by atoms with Crippen LogP contribution in [0.1, 0.15) is 22.0 Å². The zero-order valence-corrected chi connectivity index (χ0v) is 11.4. The third-order valence-electron chi connectivity index (χ3n) is 3.10. The predicted molar refractivity (Wildman–Crippen MR) is 67.7 cm³/mol. The van der Waals surface area contributed by atoms with Gasteiger partial charge in [0, 0.05) is 13.6 Å². The molecule has 0 spiro atoms. The van der Waals surface area contributed by atoms with E-state index in [1.165, 1.54) is 4.68 Å². The molecule has 1 aliphatic rings. The fourth-order valence-corrected chi connectivity index (χ4v) is 2.21. The van der Waals surface area contributed by atoms with Crippen LogP contribution < -0.4 is 0 Å². The first-order valence-corrected chi connectivity index (χ1v) is 6.29. The van der Waals surface area contributed by atoms with Crippen molar-refractivity contribution in [1.29, 1.82) is 5.26 Å². The highest BCUT2D eigenvalue weighted by molar-refractivity contribution is 6.28. The Hall–Kier alpha value is -2.40. The van der Waals surface area contributed by atoms with E-state index in [0.717, 1.165) is 5.69 Å². The molecule has 2 aromatic heterocycles. The standard InChI is InChI=1S/C11H10ClN7O/c1-17-11(12)14-9(16-17)10(20)18-2-3-19-8(6-18)4-7(5-13)15-19/h4H,2-3,6H2,1H3. The number of aryl methyl sites for hydroxylation is 1. The molecule has 3 heterocycles. The molecule has 0 radical (unpaired) electrons. The van der Waals surface area contributed by atoms with Gasteiger partial charge in [-0.2, -0.15) is 15.3 Å². The summed E-state index contributed by atoms with van der Waals surface area (Å²) >= 11 is 5.78. The number of carbonyl (C=O) groups is 1. The largest absolute Gasteiger partial charge is 0.328 e. The number of hydrogen-bond acceptors (Lipinski definition) is 5. The first-order valence-electron chi connectivity index (χ1n) is 5.91.